The molecule has 4 rings (SSSR count). The molecule has 0 aliphatic carbocycles. The van der Waals surface area contributed by atoms with Crippen LogP contribution in [0.25, 0.3) is 11.3 Å². The van der Waals surface area contributed by atoms with Gasteiger partial charge in [-0.1, -0.05) is 5.16 Å². The Kier molecular flexibility index (Phi) is 4.20. The zero-order valence-corrected chi connectivity index (χ0v) is 13.8. The van der Waals surface area contributed by atoms with Gasteiger partial charge in [-0.2, -0.15) is 0 Å². The van der Waals surface area contributed by atoms with Crippen LogP contribution in [-0.2, 0) is 24.2 Å². The van der Waals surface area contributed by atoms with Gasteiger partial charge in [0.25, 0.3) is 0 Å². The number of hydrogen-bond acceptors (Lipinski definition) is 4. The molecule has 0 unspecified atom stereocenters. The van der Waals surface area contributed by atoms with Gasteiger partial charge in [0.05, 0.1) is 13.0 Å². The maximum absolute atomic E-state index is 13.5. The number of nitrogens with zero attached hydrogens (tertiary/aromatic N) is 3. The van der Waals surface area contributed by atoms with Gasteiger partial charge in [-0.15, -0.1) is 0 Å². The molecule has 1 amide bonds. The number of amides is 1. The van der Waals surface area contributed by atoms with Crippen LogP contribution in [0.4, 0.5) is 8.78 Å². The molecule has 0 N–H and O–H groups in total. The molecule has 5 nitrogen and oxygen atoms in total. The summed E-state index contributed by atoms with van der Waals surface area (Å²) in [4.78, 5) is 18.3. The van der Waals surface area contributed by atoms with Crippen LogP contribution in [-0.4, -0.2) is 27.5 Å². The van der Waals surface area contributed by atoms with Crippen molar-refractivity contribution in [2.45, 2.75) is 19.4 Å². The Morgan fingerprint density at radius 3 is 2.73 bits per heavy atom. The number of carbonyl (C=O) groups is 1. The number of rotatable bonds is 3. The maximum atomic E-state index is 13.5. The van der Waals surface area contributed by atoms with E-state index in [1.165, 1.54) is 6.07 Å². The van der Waals surface area contributed by atoms with Crippen LogP contribution in [0.5, 0.6) is 0 Å². The van der Waals surface area contributed by atoms with E-state index in [-0.39, 0.29) is 12.3 Å². The smallest absolute Gasteiger partial charge is 0.227 e. The van der Waals surface area contributed by atoms with Crippen LogP contribution in [0, 0.1) is 11.6 Å². The summed E-state index contributed by atoms with van der Waals surface area (Å²) in [6, 6.07) is 7.21. The molecule has 3 heterocycles. The second-order valence-corrected chi connectivity index (χ2v) is 6.16. The lowest BCUT2D eigenvalue weighted by Crippen LogP contribution is -2.36. The van der Waals surface area contributed by atoms with Crippen LogP contribution < -0.4 is 0 Å². The van der Waals surface area contributed by atoms with Crippen molar-refractivity contribution in [1.29, 1.82) is 0 Å². The predicted octanol–water partition coefficient (Wildman–Crippen LogP) is 3.14. The largest absolute Gasteiger partial charge is 0.360 e. The summed E-state index contributed by atoms with van der Waals surface area (Å²) in [5.41, 5.74) is 2.50. The van der Waals surface area contributed by atoms with E-state index in [0.29, 0.717) is 36.5 Å². The third-order valence-electron chi connectivity index (χ3n) is 4.48. The first kappa shape index (κ1) is 16.4. The highest BCUT2D eigenvalue weighted by Gasteiger charge is 2.27. The molecule has 0 atom stereocenters. The number of aromatic nitrogens is 2. The van der Waals surface area contributed by atoms with Gasteiger partial charge in [0.1, 0.15) is 11.5 Å². The fourth-order valence-corrected chi connectivity index (χ4v) is 3.08. The summed E-state index contributed by atoms with van der Waals surface area (Å²) >= 11 is 0. The molecule has 132 valence electrons. The Balaban J connectivity index is 1.57. The summed E-state index contributed by atoms with van der Waals surface area (Å²) in [7, 11) is 0. The van der Waals surface area contributed by atoms with E-state index in [1.807, 2.05) is 0 Å². The van der Waals surface area contributed by atoms with E-state index in [9.17, 15) is 13.6 Å². The number of pyridine rings is 1. The molecule has 1 aromatic carbocycles. The van der Waals surface area contributed by atoms with Gasteiger partial charge in [0, 0.05) is 36.5 Å². The summed E-state index contributed by atoms with van der Waals surface area (Å²) in [6.45, 7) is 0.862. The molecule has 3 aromatic rings. The summed E-state index contributed by atoms with van der Waals surface area (Å²) in [5, 5.41) is 4.01. The van der Waals surface area contributed by atoms with Crippen LogP contribution in [0.2, 0.25) is 0 Å². The number of benzene rings is 1. The Hall–Kier alpha value is -3.09. The van der Waals surface area contributed by atoms with E-state index in [2.05, 4.69) is 10.1 Å². The second kappa shape index (κ2) is 6.67. The first-order chi connectivity index (χ1) is 12.6. The Labute approximate surface area is 148 Å². The number of carbonyl (C=O) groups excluding carboxylic acids is 1. The Morgan fingerprint density at radius 2 is 1.96 bits per heavy atom. The molecule has 0 spiro atoms. The van der Waals surface area contributed by atoms with Gasteiger partial charge in [-0.25, -0.2) is 8.78 Å². The van der Waals surface area contributed by atoms with Crippen molar-refractivity contribution in [2.24, 2.45) is 0 Å². The van der Waals surface area contributed by atoms with Crippen molar-refractivity contribution in [3.63, 3.8) is 0 Å². The average molecular weight is 355 g/mol. The van der Waals surface area contributed by atoms with Crippen molar-refractivity contribution >= 4 is 5.91 Å². The SMILES string of the molecule is O=C(Cc1ccncc1)N1CCc2onc(-c3ccc(F)c(F)c3)c2C1. The molecule has 0 radical (unpaired) electrons. The van der Waals surface area contributed by atoms with E-state index in [1.54, 1.807) is 29.4 Å². The highest BCUT2D eigenvalue weighted by molar-refractivity contribution is 5.79. The van der Waals surface area contributed by atoms with Crippen molar-refractivity contribution < 1.29 is 18.1 Å². The van der Waals surface area contributed by atoms with E-state index in [0.717, 1.165) is 23.3 Å². The topological polar surface area (TPSA) is 59.2 Å². The van der Waals surface area contributed by atoms with Crippen LogP contribution in [0.15, 0.2) is 47.2 Å². The van der Waals surface area contributed by atoms with E-state index >= 15 is 0 Å². The first-order valence-electron chi connectivity index (χ1n) is 8.21. The molecular weight excluding hydrogens is 340 g/mol. The van der Waals surface area contributed by atoms with E-state index < -0.39 is 11.6 Å². The van der Waals surface area contributed by atoms with Crippen LogP contribution >= 0.6 is 0 Å². The van der Waals surface area contributed by atoms with Crippen molar-refractivity contribution in [2.75, 3.05) is 6.54 Å². The first-order valence-corrected chi connectivity index (χ1v) is 8.21. The monoisotopic (exact) mass is 355 g/mol. The lowest BCUT2D eigenvalue weighted by atomic mass is 10.0. The maximum Gasteiger partial charge on any atom is 0.227 e. The lowest BCUT2D eigenvalue weighted by molar-refractivity contribution is -0.131. The molecular formula is C19H15F2N3O2. The fraction of sp³-hybridized carbons (Fsp3) is 0.211. The highest BCUT2D eigenvalue weighted by Crippen LogP contribution is 2.31. The molecule has 0 saturated carbocycles. The molecule has 2 aromatic heterocycles. The van der Waals surface area contributed by atoms with Gasteiger partial charge in [-0.3, -0.25) is 9.78 Å². The normalized spacial score (nSPS) is 13.5. The molecule has 0 bridgehead atoms. The Bertz CT molecular complexity index is 957. The molecule has 7 heteroatoms. The highest BCUT2D eigenvalue weighted by atomic mass is 19.2. The number of hydrogen-bond donors (Lipinski definition) is 0. The van der Waals surface area contributed by atoms with Gasteiger partial charge >= 0.3 is 0 Å². The average Bonchev–Trinajstić information content (AvgIpc) is 3.08. The minimum absolute atomic E-state index is 0.0145. The van der Waals surface area contributed by atoms with Crippen molar-refractivity contribution in [3.05, 3.63) is 71.2 Å². The number of halogens is 2. The molecule has 1 aliphatic heterocycles. The zero-order valence-electron chi connectivity index (χ0n) is 13.8. The molecule has 0 saturated heterocycles. The fourth-order valence-electron chi connectivity index (χ4n) is 3.08. The van der Waals surface area contributed by atoms with Gasteiger partial charge < -0.3 is 9.42 Å². The van der Waals surface area contributed by atoms with Gasteiger partial charge in [0.2, 0.25) is 5.91 Å². The van der Waals surface area contributed by atoms with E-state index in [4.69, 9.17) is 4.52 Å². The van der Waals surface area contributed by atoms with Crippen LogP contribution in [0.3, 0.4) is 0 Å². The number of fused-ring (bicyclic) bond motifs is 1. The van der Waals surface area contributed by atoms with Gasteiger partial charge in [-0.05, 0) is 35.9 Å². The molecule has 1 aliphatic rings. The standard InChI is InChI=1S/C19H15F2N3O2/c20-15-2-1-13(10-16(15)21)19-14-11-24(8-5-17(14)26-23-19)18(25)9-12-3-6-22-7-4-12/h1-4,6-7,10H,5,8-9,11H2. The Morgan fingerprint density at radius 1 is 1.15 bits per heavy atom. The zero-order chi connectivity index (χ0) is 18.1. The van der Waals surface area contributed by atoms with Crippen LogP contribution in [0.1, 0.15) is 16.9 Å². The quantitative estimate of drug-likeness (QED) is 0.724. The van der Waals surface area contributed by atoms with Crippen molar-refractivity contribution in [1.82, 2.24) is 15.0 Å². The summed E-state index contributed by atoms with van der Waals surface area (Å²) in [6.07, 6.45) is 4.12. The third-order valence-corrected chi connectivity index (χ3v) is 4.48. The second-order valence-electron chi connectivity index (χ2n) is 6.16. The minimum Gasteiger partial charge on any atom is -0.360 e. The minimum atomic E-state index is -0.944. The molecule has 0 fully saturated rings. The summed E-state index contributed by atoms with van der Waals surface area (Å²) in [5.74, 6) is -1.20. The van der Waals surface area contributed by atoms with Crippen molar-refractivity contribution in [3.8, 4) is 11.3 Å². The molecule has 26 heavy (non-hydrogen) atoms. The summed E-state index contributed by atoms with van der Waals surface area (Å²) < 4.78 is 32.1. The lowest BCUT2D eigenvalue weighted by Gasteiger charge is -2.26. The van der Waals surface area contributed by atoms with Gasteiger partial charge in [0.15, 0.2) is 11.6 Å². The third kappa shape index (κ3) is 3.08. The predicted molar refractivity (Wildman–Crippen MR) is 88.9 cm³/mol.